The Morgan fingerprint density at radius 1 is 1.27 bits per heavy atom. The van der Waals surface area contributed by atoms with Gasteiger partial charge in [-0.3, -0.25) is 0 Å². The second-order valence-corrected chi connectivity index (χ2v) is 10.4. The van der Waals surface area contributed by atoms with Crippen molar-refractivity contribution in [2.75, 3.05) is 0 Å². The molecular weight excluding hydrogens is 204 g/mol. The maximum atomic E-state index is 9.76. The van der Waals surface area contributed by atoms with Gasteiger partial charge in [-0.1, -0.05) is 32.9 Å². The van der Waals surface area contributed by atoms with Crippen LogP contribution < -0.4 is 0 Å². The van der Waals surface area contributed by atoms with Crippen molar-refractivity contribution in [2.45, 2.75) is 65.0 Å². The van der Waals surface area contributed by atoms with Gasteiger partial charge in [-0.25, -0.2) is 0 Å². The lowest BCUT2D eigenvalue weighted by molar-refractivity contribution is 0.0692. The second kappa shape index (κ2) is 5.28. The van der Waals surface area contributed by atoms with E-state index >= 15 is 0 Å². The molecule has 0 aliphatic rings. The van der Waals surface area contributed by atoms with Gasteiger partial charge in [-0.15, -0.1) is 0 Å². The molecule has 3 heteroatoms. The highest BCUT2D eigenvalue weighted by Gasteiger charge is 2.39. The van der Waals surface area contributed by atoms with Gasteiger partial charge >= 0.3 is 0 Å². The predicted octanol–water partition coefficient (Wildman–Crippen LogP) is 3.33. The van der Waals surface area contributed by atoms with Crippen molar-refractivity contribution in [3.63, 3.8) is 0 Å². The molecule has 0 heterocycles. The van der Waals surface area contributed by atoms with E-state index in [4.69, 9.17) is 4.43 Å². The Morgan fingerprint density at radius 3 is 2.07 bits per heavy atom. The SMILES string of the molecule is CC=C[C@H](O)[C@H](C)O[Si](C)(C)C(C)(C)C. The fraction of sp³-hybridized carbons (Fsp3) is 0.833. The molecule has 90 valence electrons. The summed E-state index contributed by atoms with van der Waals surface area (Å²) in [5.41, 5.74) is 0. The number of allylic oxidation sites excluding steroid dienone is 1. The Morgan fingerprint density at radius 2 is 1.73 bits per heavy atom. The highest BCUT2D eigenvalue weighted by atomic mass is 28.4. The second-order valence-electron chi connectivity index (χ2n) is 5.60. The summed E-state index contributed by atoms with van der Waals surface area (Å²) in [6, 6.07) is 0. The Labute approximate surface area is 95.5 Å². The van der Waals surface area contributed by atoms with E-state index in [2.05, 4.69) is 33.9 Å². The normalized spacial score (nSPS) is 18.1. The van der Waals surface area contributed by atoms with Gasteiger partial charge in [-0.05, 0) is 32.0 Å². The molecule has 2 nitrogen and oxygen atoms in total. The standard InChI is InChI=1S/C12H26O2Si/c1-8-9-11(13)10(2)14-15(6,7)12(3,4)5/h8-11,13H,1-7H3/t10-,11-/m0/s1. The first-order valence-corrected chi connectivity index (χ1v) is 8.51. The highest BCUT2D eigenvalue weighted by Crippen LogP contribution is 2.37. The summed E-state index contributed by atoms with van der Waals surface area (Å²) < 4.78 is 6.05. The molecule has 0 aliphatic heterocycles. The maximum absolute atomic E-state index is 9.76. The fourth-order valence-electron chi connectivity index (χ4n) is 1.06. The molecule has 0 saturated heterocycles. The molecule has 0 radical (unpaired) electrons. The van der Waals surface area contributed by atoms with Gasteiger partial charge in [0, 0.05) is 0 Å². The van der Waals surface area contributed by atoms with Crippen LogP contribution >= 0.6 is 0 Å². The monoisotopic (exact) mass is 230 g/mol. The summed E-state index contributed by atoms with van der Waals surface area (Å²) in [4.78, 5) is 0. The molecule has 0 aromatic rings. The molecule has 0 bridgehead atoms. The van der Waals surface area contributed by atoms with Gasteiger partial charge in [-0.2, -0.15) is 0 Å². The number of aliphatic hydroxyl groups is 1. The van der Waals surface area contributed by atoms with Crippen LogP contribution in [-0.4, -0.2) is 25.6 Å². The van der Waals surface area contributed by atoms with Crippen LogP contribution in [0.4, 0.5) is 0 Å². The largest absolute Gasteiger partial charge is 0.411 e. The van der Waals surface area contributed by atoms with Crippen LogP contribution in [0.2, 0.25) is 18.1 Å². The zero-order valence-corrected chi connectivity index (χ0v) is 12.2. The summed E-state index contributed by atoms with van der Waals surface area (Å²) in [6.45, 7) is 14.8. The highest BCUT2D eigenvalue weighted by molar-refractivity contribution is 6.74. The van der Waals surface area contributed by atoms with Crippen LogP contribution in [0.25, 0.3) is 0 Å². The third-order valence-electron chi connectivity index (χ3n) is 3.16. The first-order valence-electron chi connectivity index (χ1n) is 5.60. The van der Waals surface area contributed by atoms with E-state index in [1.165, 1.54) is 0 Å². The van der Waals surface area contributed by atoms with Crippen molar-refractivity contribution >= 4 is 8.32 Å². The van der Waals surface area contributed by atoms with E-state index in [0.717, 1.165) is 0 Å². The molecule has 0 rings (SSSR count). The van der Waals surface area contributed by atoms with E-state index in [0.29, 0.717) is 0 Å². The summed E-state index contributed by atoms with van der Waals surface area (Å²) in [5.74, 6) is 0. The van der Waals surface area contributed by atoms with Crippen molar-refractivity contribution in [3.8, 4) is 0 Å². The third-order valence-corrected chi connectivity index (χ3v) is 7.73. The average molecular weight is 230 g/mol. The van der Waals surface area contributed by atoms with Crippen LogP contribution in [0, 0.1) is 0 Å². The smallest absolute Gasteiger partial charge is 0.192 e. The number of hydrogen-bond donors (Lipinski definition) is 1. The van der Waals surface area contributed by atoms with Gasteiger partial charge in [0.15, 0.2) is 8.32 Å². The van der Waals surface area contributed by atoms with E-state index in [9.17, 15) is 5.11 Å². The average Bonchev–Trinajstić information content (AvgIpc) is 2.01. The van der Waals surface area contributed by atoms with Crippen LogP contribution in [-0.2, 0) is 4.43 Å². The van der Waals surface area contributed by atoms with Crippen molar-refractivity contribution in [1.82, 2.24) is 0 Å². The Balaban J connectivity index is 4.46. The molecule has 0 aliphatic carbocycles. The molecule has 0 aromatic heterocycles. The first kappa shape index (κ1) is 14.9. The molecular formula is C12H26O2Si. The van der Waals surface area contributed by atoms with Gasteiger partial charge in [0.1, 0.15) is 0 Å². The van der Waals surface area contributed by atoms with Crippen LogP contribution in [0.5, 0.6) is 0 Å². The minimum absolute atomic E-state index is 0.123. The minimum Gasteiger partial charge on any atom is -0.411 e. The van der Waals surface area contributed by atoms with Crippen molar-refractivity contribution in [3.05, 3.63) is 12.2 Å². The van der Waals surface area contributed by atoms with E-state index < -0.39 is 14.4 Å². The van der Waals surface area contributed by atoms with E-state index in [1.807, 2.05) is 19.9 Å². The lowest BCUT2D eigenvalue weighted by atomic mass is 10.2. The van der Waals surface area contributed by atoms with E-state index in [1.54, 1.807) is 6.08 Å². The Kier molecular flexibility index (Phi) is 5.24. The summed E-state index contributed by atoms with van der Waals surface area (Å²) in [5, 5.41) is 9.95. The molecule has 1 N–H and O–H groups in total. The zero-order chi connectivity index (χ0) is 12.3. The zero-order valence-electron chi connectivity index (χ0n) is 11.2. The van der Waals surface area contributed by atoms with E-state index in [-0.39, 0.29) is 11.1 Å². The summed E-state index contributed by atoms with van der Waals surface area (Å²) in [6.07, 6.45) is 3.01. The van der Waals surface area contributed by atoms with Crippen molar-refractivity contribution in [1.29, 1.82) is 0 Å². The Hall–Kier alpha value is -0.123. The summed E-state index contributed by atoms with van der Waals surface area (Å²) in [7, 11) is -1.75. The molecule has 0 amide bonds. The molecule has 0 unspecified atom stereocenters. The molecule has 0 aromatic carbocycles. The van der Waals surface area contributed by atoms with Gasteiger partial charge in [0.05, 0.1) is 12.2 Å². The topological polar surface area (TPSA) is 29.5 Å². The fourth-order valence-corrected chi connectivity index (χ4v) is 2.49. The minimum atomic E-state index is -1.75. The Bertz CT molecular complexity index is 216. The number of aliphatic hydroxyl groups excluding tert-OH is 1. The van der Waals surface area contributed by atoms with Crippen LogP contribution in [0.15, 0.2) is 12.2 Å². The predicted molar refractivity (Wildman–Crippen MR) is 68.6 cm³/mol. The number of rotatable bonds is 4. The van der Waals surface area contributed by atoms with Crippen molar-refractivity contribution < 1.29 is 9.53 Å². The number of hydrogen-bond acceptors (Lipinski definition) is 2. The quantitative estimate of drug-likeness (QED) is 0.593. The first-order chi connectivity index (χ1) is 6.62. The van der Waals surface area contributed by atoms with Gasteiger partial charge in [0.25, 0.3) is 0 Å². The van der Waals surface area contributed by atoms with Crippen LogP contribution in [0.3, 0.4) is 0 Å². The van der Waals surface area contributed by atoms with Crippen LogP contribution in [0.1, 0.15) is 34.6 Å². The lowest BCUT2D eigenvalue weighted by Crippen LogP contribution is -2.45. The third kappa shape index (κ3) is 4.49. The molecule has 2 atom stereocenters. The molecule has 0 fully saturated rings. The summed E-state index contributed by atoms with van der Waals surface area (Å²) >= 11 is 0. The molecule has 15 heavy (non-hydrogen) atoms. The maximum Gasteiger partial charge on any atom is 0.192 e. The van der Waals surface area contributed by atoms with Gasteiger partial charge < -0.3 is 9.53 Å². The molecule has 0 spiro atoms. The molecule has 0 saturated carbocycles. The van der Waals surface area contributed by atoms with Crippen molar-refractivity contribution in [2.24, 2.45) is 0 Å². The lowest BCUT2D eigenvalue weighted by Gasteiger charge is -2.39. The van der Waals surface area contributed by atoms with Gasteiger partial charge in [0.2, 0.25) is 0 Å².